The Labute approximate surface area is 119 Å². The Balaban J connectivity index is 2.84. The van der Waals surface area contributed by atoms with Crippen LogP contribution >= 0.6 is 0 Å². The number of halogens is 2. The van der Waals surface area contributed by atoms with E-state index in [4.69, 9.17) is 9.84 Å². The van der Waals surface area contributed by atoms with Crippen LogP contribution in [0, 0.1) is 0 Å². The van der Waals surface area contributed by atoms with Gasteiger partial charge in [0.05, 0.1) is 5.56 Å². The first kappa shape index (κ1) is 16.8. The van der Waals surface area contributed by atoms with Gasteiger partial charge in [-0.1, -0.05) is 12.1 Å². The first-order valence-corrected chi connectivity index (χ1v) is 6.02. The summed E-state index contributed by atoms with van der Waals surface area (Å²) < 4.78 is 33.5. The molecule has 1 amide bonds. The number of ether oxygens (including phenoxy) is 2. The number of carbonyl (C=O) groups is 2. The molecule has 0 fully saturated rings. The van der Waals surface area contributed by atoms with Crippen molar-refractivity contribution in [3.8, 4) is 5.75 Å². The fourth-order valence-electron chi connectivity index (χ4n) is 1.58. The van der Waals surface area contributed by atoms with Crippen LogP contribution in [0.5, 0.6) is 5.75 Å². The van der Waals surface area contributed by atoms with Crippen LogP contribution in [0.1, 0.15) is 16.8 Å². The first-order valence-electron chi connectivity index (χ1n) is 6.02. The van der Waals surface area contributed by atoms with Crippen LogP contribution in [-0.4, -0.2) is 43.4 Å². The normalized spacial score (nSPS) is 12.0. The SMILES string of the molecule is COCCC(NC(=O)c1ccccc1OC(F)F)C(=O)O. The second-order valence-electron chi connectivity index (χ2n) is 4.02. The average molecular weight is 303 g/mol. The molecule has 1 atom stereocenters. The number of nitrogens with one attached hydrogen (secondary N) is 1. The van der Waals surface area contributed by atoms with Crippen molar-refractivity contribution in [3.05, 3.63) is 29.8 Å². The summed E-state index contributed by atoms with van der Waals surface area (Å²) in [4.78, 5) is 23.0. The number of carbonyl (C=O) groups excluding carboxylic acids is 1. The second kappa shape index (κ2) is 8.15. The minimum absolute atomic E-state index is 0.0510. The van der Waals surface area contributed by atoms with Crippen molar-refractivity contribution >= 4 is 11.9 Å². The van der Waals surface area contributed by atoms with E-state index in [1.54, 1.807) is 0 Å². The molecular weight excluding hydrogens is 288 g/mol. The second-order valence-corrected chi connectivity index (χ2v) is 4.02. The number of hydrogen-bond acceptors (Lipinski definition) is 4. The Kier molecular flexibility index (Phi) is 6.54. The quantitative estimate of drug-likeness (QED) is 0.760. The lowest BCUT2D eigenvalue weighted by molar-refractivity contribution is -0.139. The molecule has 8 heteroatoms. The van der Waals surface area contributed by atoms with Gasteiger partial charge in [0.2, 0.25) is 0 Å². The first-order chi connectivity index (χ1) is 9.95. The molecule has 0 aliphatic rings. The van der Waals surface area contributed by atoms with E-state index in [9.17, 15) is 18.4 Å². The highest BCUT2D eigenvalue weighted by Crippen LogP contribution is 2.20. The molecule has 0 spiro atoms. The maximum absolute atomic E-state index is 12.3. The predicted molar refractivity (Wildman–Crippen MR) is 68.5 cm³/mol. The number of carboxylic acid groups (broad SMARTS) is 1. The Morgan fingerprint density at radius 2 is 2.00 bits per heavy atom. The molecule has 1 unspecified atom stereocenters. The monoisotopic (exact) mass is 303 g/mol. The fraction of sp³-hybridized carbons (Fsp3) is 0.385. The van der Waals surface area contributed by atoms with Gasteiger partial charge >= 0.3 is 12.6 Å². The standard InChI is InChI=1S/C13H15F2NO5/c1-20-7-6-9(12(18)19)16-11(17)8-4-2-3-5-10(8)21-13(14)15/h2-5,9,13H,6-7H2,1H3,(H,16,17)(H,18,19). The molecule has 21 heavy (non-hydrogen) atoms. The smallest absolute Gasteiger partial charge is 0.387 e. The van der Waals surface area contributed by atoms with E-state index in [2.05, 4.69) is 10.1 Å². The maximum atomic E-state index is 12.3. The number of benzene rings is 1. The van der Waals surface area contributed by atoms with E-state index < -0.39 is 24.5 Å². The third-order valence-electron chi connectivity index (χ3n) is 2.56. The highest BCUT2D eigenvalue weighted by Gasteiger charge is 2.22. The predicted octanol–water partition coefficient (Wildman–Crippen LogP) is 1.51. The van der Waals surface area contributed by atoms with E-state index in [0.717, 1.165) is 0 Å². The number of amides is 1. The zero-order chi connectivity index (χ0) is 15.8. The third kappa shape index (κ3) is 5.35. The van der Waals surface area contributed by atoms with Gasteiger partial charge in [-0.2, -0.15) is 8.78 Å². The van der Waals surface area contributed by atoms with Crippen LogP contribution in [0.4, 0.5) is 8.78 Å². The molecule has 0 saturated carbocycles. The van der Waals surface area contributed by atoms with Crippen molar-refractivity contribution in [1.82, 2.24) is 5.32 Å². The number of para-hydroxylation sites is 1. The highest BCUT2D eigenvalue weighted by molar-refractivity contribution is 5.98. The van der Waals surface area contributed by atoms with E-state index in [1.165, 1.54) is 31.4 Å². The molecule has 0 radical (unpaired) electrons. The summed E-state index contributed by atoms with van der Waals surface area (Å²) in [6, 6.07) is 4.16. The molecule has 1 rings (SSSR count). The van der Waals surface area contributed by atoms with Crippen LogP contribution in [0.2, 0.25) is 0 Å². The van der Waals surface area contributed by atoms with E-state index in [-0.39, 0.29) is 24.3 Å². The molecule has 1 aromatic rings. The number of rotatable bonds is 8. The van der Waals surface area contributed by atoms with Crippen LogP contribution in [0.15, 0.2) is 24.3 Å². The van der Waals surface area contributed by atoms with Crippen LogP contribution < -0.4 is 10.1 Å². The Morgan fingerprint density at radius 1 is 1.33 bits per heavy atom. The minimum Gasteiger partial charge on any atom is -0.480 e. The van der Waals surface area contributed by atoms with Crippen molar-refractivity contribution in [1.29, 1.82) is 0 Å². The molecule has 2 N–H and O–H groups in total. The minimum atomic E-state index is -3.08. The van der Waals surface area contributed by atoms with Gasteiger partial charge in [-0.25, -0.2) is 4.79 Å². The van der Waals surface area contributed by atoms with E-state index >= 15 is 0 Å². The molecule has 0 heterocycles. The number of aliphatic carboxylic acids is 1. The summed E-state index contributed by atoms with van der Waals surface area (Å²) >= 11 is 0. The summed E-state index contributed by atoms with van der Waals surface area (Å²) in [6.07, 6.45) is 0.0510. The molecule has 0 aromatic heterocycles. The van der Waals surface area contributed by atoms with Crippen molar-refractivity contribution < 1.29 is 33.0 Å². The zero-order valence-corrected chi connectivity index (χ0v) is 11.2. The van der Waals surface area contributed by atoms with Gasteiger partial charge in [-0.3, -0.25) is 4.79 Å². The lowest BCUT2D eigenvalue weighted by Gasteiger charge is -2.15. The third-order valence-corrected chi connectivity index (χ3v) is 2.56. The Bertz CT molecular complexity index is 495. The summed E-state index contributed by atoms with van der Waals surface area (Å²) in [6.45, 7) is -2.95. The summed E-state index contributed by atoms with van der Waals surface area (Å²) in [7, 11) is 1.40. The van der Waals surface area contributed by atoms with Crippen molar-refractivity contribution in [2.45, 2.75) is 19.1 Å². The Hall–Kier alpha value is -2.22. The van der Waals surface area contributed by atoms with Crippen molar-refractivity contribution in [3.63, 3.8) is 0 Å². The van der Waals surface area contributed by atoms with Gasteiger partial charge in [0.1, 0.15) is 11.8 Å². The lowest BCUT2D eigenvalue weighted by atomic mass is 10.1. The summed E-state index contributed by atoms with van der Waals surface area (Å²) in [5.74, 6) is -2.37. The number of carboxylic acids is 1. The van der Waals surface area contributed by atoms with E-state index in [1.807, 2.05) is 0 Å². The molecule has 0 saturated heterocycles. The van der Waals surface area contributed by atoms with Crippen molar-refractivity contribution in [2.24, 2.45) is 0 Å². The molecular formula is C13H15F2NO5. The van der Waals surface area contributed by atoms with Gasteiger partial charge in [0.25, 0.3) is 5.91 Å². The van der Waals surface area contributed by atoms with Crippen LogP contribution in [-0.2, 0) is 9.53 Å². The summed E-state index contributed by atoms with van der Waals surface area (Å²) in [5.41, 5.74) is -0.165. The van der Waals surface area contributed by atoms with Crippen LogP contribution in [0.3, 0.4) is 0 Å². The van der Waals surface area contributed by atoms with Gasteiger partial charge < -0.3 is 19.9 Å². The van der Waals surface area contributed by atoms with Gasteiger partial charge in [-0.15, -0.1) is 0 Å². The Morgan fingerprint density at radius 3 is 2.57 bits per heavy atom. The topological polar surface area (TPSA) is 84.9 Å². The molecule has 6 nitrogen and oxygen atoms in total. The van der Waals surface area contributed by atoms with Gasteiger partial charge in [0, 0.05) is 20.1 Å². The van der Waals surface area contributed by atoms with Crippen molar-refractivity contribution in [2.75, 3.05) is 13.7 Å². The summed E-state index contributed by atoms with van der Waals surface area (Å²) in [5, 5.41) is 11.2. The number of hydrogen-bond donors (Lipinski definition) is 2. The maximum Gasteiger partial charge on any atom is 0.387 e. The molecule has 0 aliphatic carbocycles. The molecule has 116 valence electrons. The molecule has 0 aliphatic heterocycles. The number of alkyl halides is 2. The van der Waals surface area contributed by atoms with Crippen LogP contribution in [0.25, 0.3) is 0 Å². The molecule has 1 aromatic carbocycles. The highest BCUT2D eigenvalue weighted by atomic mass is 19.3. The van der Waals surface area contributed by atoms with Gasteiger partial charge in [-0.05, 0) is 12.1 Å². The fourth-order valence-corrected chi connectivity index (χ4v) is 1.58. The average Bonchev–Trinajstić information content (AvgIpc) is 2.42. The number of methoxy groups -OCH3 is 1. The molecule has 0 bridgehead atoms. The van der Waals surface area contributed by atoms with E-state index in [0.29, 0.717) is 0 Å². The zero-order valence-electron chi connectivity index (χ0n) is 11.2. The van der Waals surface area contributed by atoms with Gasteiger partial charge in [0.15, 0.2) is 0 Å². The lowest BCUT2D eigenvalue weighted by Crippen LogP contribution is -2.41. The largest absolute Gasteiger partial charge is 0.480 e.